The van der Waals surface area contributed by atoms with Gasteiger partial charge >= 0.3 is 0 Å². The topological polar surface area (TPSA) is 9.23 Å². The summed E-state index contributed by atoms with van der Waals surface area (Å²) in [5.74, 6) is 3.57. The van der Waals surface area contributed by atoms with E-state index in [-0.39, 0.29) is 0 Å². The van der Waals surface area contributed by atoms with E-state index >= 15 is 0 Å². The largest absolute Gasteiger partial charge is 0.494 e. The van der Waals surface area contributed by atoms with Crippen molar-refractivity contribution in [1.82, 2.24) is 0 Å². The molecule has 4 atom stereocenters. The molecule has 0 spiro atoms. The molecule has 0 aromatic carbocycles. The average molecular weight is 250 g/mol. The van der Waals surface area contributed by atoms with E-state index in [4.69, 9.17) is 4.74 Å². The van der Waals surface area contributed by atoms with E-state index in [1.54, 1.807) is 0 Å². The molecule has 0 aromatic heterocycles. The molecule has 1 saturated carbocycles. The molecule has 4 unspecified atom stereocenters. The van der Waals surface area contributed by atoms with Crippen molar-refractivity contribution in [3.63, 3.8) is 0 Å². The highest BCUT2D eigenvalue weighted by Crippen LogP contribution is 2.38. The molecule has 0 N–H and O–H groups in total. The van der Waals surface area contributed by atoms with Crippen LogP contribution in [-0.4, -0.2) is 16.3 Å². The monoisotopic (exact) mass is 250 g/mol. The van der Waals surface area contributed by atoms with Crippen LogP contribution >= 0.6 is 0 Å². The maximum absolute atomic E-state index is 6.34. The average Bonchev–Trinajstić information content (AvgIpc) is 2.64. The molecule has 0 heterocycles. The molecule has 17 heavy (non-hydrogen) atoms. The fourth-order valence-electron chi connectivity index (χ4n) is 3.14. The van der Waals surface area contributed by atoms with Gasteiger partial charge in [-0.2, -0.15) is 0 Å². The Morgan fingerprint density at radius 1 is 1.35 bits per heavy atom. The molecular formula is C15H26OSi. The molecule has 1 nitrogen and oxygen atoms in total. The lowest BCUT2D eigenvalue weighted by Gasteiger charge is -2.38. The Kier molecular flexibility index (Phi) is 4.13. The lowest BCUT2D eigenvalue weighted by Crippen LogP contribution is -2.34. The van der Waals surface area contributed by atoms with Crippen LogP contribution in [0.4, 0.5) is 0 Å². The number of hydrogen-bond acceptors (Lipinski definition) is 1. The molecule has 2 rings (SSSR count). The Bertz CT molecular complexity index is 319. The summed E-state index contributed by atoms with van der Waals surface area (Å²) in [6.07, 6.45) is 11.0. The van der Waals surface area contributed by atoms with E-state index in [9.17, 15) is 0 Å². The summed E-state index contributed by atoms with van der Waals surface area (Å²) >= 11 is 0. The van der Waals surface area contributed by atoms with Crippen molar-refractivity contribution in [2.45, 2.75) is 51.7 Å². The van der Waals surface area contributed by atoms with E-state index in [0.29, 0.717) is 11.6 Å². The van der Waals surface area contributed by atoms with Crippen LogP contribution in [-0.2, 0) is 4.74 Å². The van der Waals surface area contributed by atoms with Crippen molar-refractivity contribution in [3.8, 4) is 0 Å². The second-order valence-electron chi connectivity index (χ2n) is 6.23. The molecule has 0 radical (unpaired) electrons. The first kappa shape index (κ1) is 12.9. The molecule has 96 valence electrons. The van der Waals surface area contributed by atoms with E-state index in [1.165, 1.54) is 35.3 Å². The minimum atomic E-state index is 0.460. The van der Waals surface area contributed by atoms with Crippen LogP contribution in [0.25, 0.3) is 0 Å². The van der Waals surface area contributed by atoms with E-state index in [2.05, 4.69) is 39.0 Å². The lowest BCUT2D eigenvalue weighted by atomic mass is 9.75. The van der Waals surface area contributed by atoms with Crippen LogP contribution in [0.3, 0.4) is 0 Å². The van der Waals surface area contributed by atoms with Gasteiger partial charge in [-0.05, 0) is 36.7 Å². The molecule has 2 aliphatic carbocycles. The second-order valence-corrected chi connectivity index (χ2v) is 7.47. The summed E-state index contributed by atoms with van der Waals surface area (Å²) in [5.41, 5.74) is 0.611. The third kappa shape index (κ3) is 3.04. The van der Waals surface area contributed by atoms with Gasteiger partial charge in [-0.15, -0.1) is 0 Å². The fourth-order valence-corrected chi connectivity index (χ4v) is 3.69. The van der Waals surface area contributed by atoms with Gasteiger partial charge in [0.25, 0.3) is 0 Å². The van der Waals surface area contributed by atoms with Gasteiger partial charge in [0, 0.05) is 15.8 Å². The van der Waals surface area contributed by atoms with Gasteiger partial charge in [-0.25, -0.2) is 0 Å². The van der Waals surface area contributed by atoms with Crippen LogP contribution in [0.5, 0.6) is 0 Å². The molecular weight excluding hydrogens is 224 g/mol. The maximum Gasteiger partial charge on any atom is 0.102 e. The zero-order valence-corrected chi connectivity index (χ0v) is 13.6. The predicted molar refractivity (Wildman–Crippen MR) is 77.1 cm³/mol. The molecule has 1 fully saturated rings. The molecule has 2 aliphatic rings. The third-order valence-electron chi connectivity index (χ3n) is 4.36. The molecule has 2 heteroatoms. The Labute approximate surface area is 109 Å². The lowest BCUT2D eigenvalue weighted by molar-refractivity contribution is -0.00209. The van der Waals surface area contributed by atoms with Crippen molar-refractivity contribution < 1.29 is 4.74 Å². The normalized spacial score (nSPS) is 37.5. The first-order valence-electron chi connectivity index (χ1n) is 7.13. The highest BCUT2D eigenvalue weighted by molar-refractivity contribution is 6.15. The maximum atomic E-state index is 6.34. The Hall–Kier alpha value is -0.503. The third-order valence-corrected chi connectivity index (χ3v) is 5.31. The summed E-state index contributed by atoms with van der Waals surface area (Å²) in [6.45, 7) is 7.05. The van der Waals surface area contributed by atoms with Gasteiger partial charge in [0.1, 0.15) is 6.10 Å². The van der Waals surface area contributed by atoms with Crippen LogP contribution in [0.1, 0.15) is 40.0 Å². The first-order chi connectivity index (χ1) is 8.08. The van der Waals surface area contributed by atoms with Crippen LogP contribution in [0.2, 0.25) is 5.54 Å². The zero-order chi connectivity index (χ0) is 12.4. The summed E-state index contributed by atoms with van der Waals surface area (Å²) in [7, 11) is 1.17. The van der Waals surface area contributed by atoms with Crippen molar-refractivity contribution in [3.05, 3.63) is 24.0 Å². The van der Waals surface area contributed by atoms with E-state index in [1.807, 2.05) is 0 Å². The molecule has 0 saturated heterocycles. The molecule has 0 amide bonds. The fraction of sp³-hybridized carbons (Fsp3) is 0.733. The standard InChI is InChI=1S/C15H26OSi/c1-10(2)12-8-7-11(3)9-14(12)16-13-5-4-6-15(13)17/h4-6,10-12,14-15H,7-9H2,1-3,17H3. The van der Waals surface area contributed by atoms with Crippen molar-refractivity contribution in [2.24, 2.45) is 17.8 Å². The van der Waals surface area contributed by atoms with Crippen LogP contribution < -0.4 is 0 Å². The Morgan fingerprint density at radius 2 is 2.12 bits per heavy atom. The van der Waals surface area contributed by atoms with Crippen molar-refractivity contribution in [1.29, 1.82) is 0 Å². The number of ether oxygens (including phenoxy) is 1. The minimum absolute atomic E-state index is 0.460. The molecule has 0 aliphatic heterocycles. The van der Waals surface area contributed by atoms with Gasteiger partial charge in [0.2, 0.25) is 0 Å². The number of rotatable bonds is 3. The van der Waals surface area contributed by atoms with Gasteiger partial charge in [-0.1, -0.05) is 39.3 Å². The van der Waals surface area contributed by atoms with Crippen molar-refractivity contribution >= 4 is 10.2 Å². The Morgan fingerprint density at radius 3 is 2.71 bits per heavy atom. The summed E-state index contributed by atoms with van der Waals surface area (Å²) in [6, 6.07) is 0. The highest BCUT2D eigenvalue weighted by Gasteiger charge is 2.33. The summed E-state index contributed by atoms with van der Waals surface area (Å²) in [5, 5.41) is 0. The smallest absolute Gasteiger partial charge is 0.102 e. The van der Waals surface area contributed by atoms with Gasteiger partial charge in [-0.3, -0.25) is 0 Å². The molecule has 0 aromatic rings. The predicted octanol–water partition coefficient (Wildman–Crippen LogP) is 3.07. The van der Waals surface area contributed by atoms with Gasteiger partial charge in [0.05, 0.1) is 5.76 Å². The van der Waals surface area contributed by atoms with E-state index < -0.39 is 0 Å². The van der Waals surface area contributed by atoms with Crippen LogP contribution in [0, 0.1) is 17.8 Å². The Balaban J connectivity index is 2.00. The van der Waals surface area contributed by atoms with Crippen molar-refractivity contribution in [2.75, 3.05) is 0 Å². The number of hydrogen-bond donors (Lipinski definition) is 0. The first-order valence-corrected chi connectivity index (χ1v) is 8.28. The highest BCUT2D eigenvalue weighted by atomic mass is 28.1. The summed E-state index contributed by atoms with van der Waals surface area (Å²) < 4.78 is 6.34. The van der Waals surface area contributed by atoms with Gasteiger partial charge in [0.15, 0.2) is 0 Å². The van der Waals surface area contributed by atoms with E-state index in [0.717, 1.165) is 17.8 Å². The summed E-state index contributed by atoms with van der Waals surface area (Å²) in [4.78, 5) is 0. The molecule has 0 bridgehead atoms. The SMILES string of the molecule is CC1CCC(C(C)C)C(OC2=CC=CC2[SiH3])C1. The number of allylic oxidation sites excluding steroid dienone is 3. The second kappa shape index (κ2) is 5.43. The quantitative estimate of drug-likeness (QED) is 0.700. The zero-order valence-electron chi connectivity index (χ0n) is 11.6. The minimum Gasteiger partial charge on any atom is -0.494 e. The van der Waals surface area contributed by atoms with Crippen LogP contribution in [0.15, 0.2) is 24.0 Å². The van der Waals surface area contributed by atoms with Gasteiger partial charge < -0.3 is 4.74 Å².